The van der Waals surface area contributed by atoms with Crippen molar-refractivity contribution in [2.24, 2.45) is 0 Å². The highest BCUT2D eigenvalue weighted by Crippen LogP contribution is 2.38. The molecule has 1 unspecified atom stereocenters. The van der Waals surface area contributed by atoms with E-state index in [0.29, 0.717) is 27.5 Å². The summed E-state index contributed by atoms with van der Waals surface area (Å²) in [4.78, 5) is 41.0. The molecule has 0 saturated heterocycles. The molecule has 3 amide bonds. The highest BCUT2D eigenvalue weighted by molar-refractivity contribution is 9.10. The molecule has 0 spiro atoms. The Hall–Kier alpha value is -4.34. The van der Waals surface area contributed by atoms with Crippen molar-refractivity contribution in [3.8, 4) is 0 Å². The van der Waals surface area contributed by atoms with Gasteiger partial charge in [-0.2, -0.15) is 0 Å². The van der Waals surface area contributed by atoms with Crippen molar-refractivity contribution in [3.05, 3.63) is 164 Å². The largest absolute Gasteiger partial charge is 0.324 e. The van der Waals surface area contributed by atoms with Crippen LogP contribution in [0.2, 0.25) is 10.0 Å². The number of amides is 3. The first-order valence-electron chi connectivity index (χ1n) is 14.0. The molecule has 0 aliphatic heterocycles. The average Bonchev–Trinajstić information content (AvgIpc) is 3.07. The number of hydrogen-bond acceptors (Lipinski definition) is 4. The van der Waals surface area contributed by atoms with Gasteiger partial charge in [-0.25, -0.2) is 0 Å². The smallest absolute Gasteiger partial charge is 0.272 e. The van der Waals surface area contributed by atoms with Gasteiger partial charge in [0.2, 0.25) is 5.91 Å². The van der Waals surface area contributed by atoms with Crippen LogP contribution < -0.4 is 16.0 Å². The van der Waals surface area contributed by atoms with Crippen molar-refractivity contribution in [2.75, 3.05) is 10.6 Å². The summed E-state index contributed by atoms with van der Waals surface area (Å²) in [6.07, 6.45) is 1.47. The maximum Gasteiger partial charge on any atom is 0.272 e. The Kier molecular flexibility index (Phi) is 11.3. The fraction of sp³-hybridized carbons (Fsp3) is 0.0278. The van der Waals surface area contributed by atoms with Crippen LogP contribution in [0.25, 0.3) is 6.08 Å². The number of carbonyl (C=O) groups is 3. The van der Waals surface area contributed by atoms with Crippen LogP contribution in [0.3, 0.4) is 0 Å². The predicted molar refractivity (Wildman–Crippen MR) is 191 cm³/mol. The molecule has 6 nitrogen and oxygen atoms in total. The molecule has 0 saturated carbocycles. The molecule has 1 atom stereocenters. The first-order chi connectivity index (χ1) is 22.3. The van der Waals surface area contributed by atoms with Crippen molar-refractivity contribution >= 4 is 86.1 Å². The van der Waals surface area contributed by atoms with E-state index in [0.717, 1.165) is 14.9 Å². The highest BCUT2D eigenvalue weighted by atomic mass is 79.9. The fourth-order valence-electron chi connectivity index (χ4n) is 4.37. The monoisotopic (exact) mass is 729 g/mol. The van der Waals surface area contributed by atoms with Gasteiger partial charge in [-0.3, -0.25) is 14.4 Å². The number of nitrogens with one attached hydrogen (secondary N) is 3. The molecule has 0 aliphatic rings. The van der Waals surface area contributed by atoms with Gasteiger partial charge in [0, 0.05) is 20.6 Å². The molecule has 0 bridgehead atoms. The van der Waals surface area contributed by atoms with E-state index in [1.54, 1.807) is 66.7 Å². The first kappa shape index (κ1) is 33.0. The Balaban J connectivity index is 1.40. The molecule has 3 N–H and O–H groups in total. The molecular formula is C36H26BrCl2N3O3S. The second-order valence-electron chi connectivity index (χ2n) is 9.88. The summed E-state index contributed by atoms with van der Waals surface area (Å²) in [5.41, 5.74) is 2.74. The van der Waals surface area contributed by atoms with Crippen LogP contribution in [0.5, 0.6) is 0 Å². The molecule has 0 aromatic heterocycles. The standard InChI is InChI=1S/C36H26BrCl2N3O3S/c37-28-18-7-8-20-30(28)41-36(45)33(23-11-3-1-4-12-23)46-27-17-10-16-26(22-27)40-35(44)31(21-25-15-9-19-29(38)32(25)39)42-34(43)24-13-5-2-6-14-24/h1-22,33H,(H,40,44)(H,41,45)(H,42,43)/b31-21+. The molecule has 0 fully saturated rings. The van der Waals surface area contributed by atoms with E-state index in [4.69, 9.17) is 23.2 Å². The second-order valence-corrected chi connectivity index (χ2v) is 12.7. The Labute approximate surface area is 289 Å². The topological polar surface area (TPSA) is 87.3 Å². The molecule has 5 aromatic rings. The molecule has 5 rings (SSSR count). The summed E-state index contributed by atoms with van der Waals surface area (Å²) < 4.78 is 0.771. The van der Waals surface area contributed by atoms with Gasteiger partial charge in [0.1, 0.15) is 10.9 Å². The van der Waals surface area contributed by atoms with Crippen LogP contribution in [0, 0.1) is 0 Å². The minimum atomic E-state index is -0.593. The van der Waals surface area contributed by atoms with E-state index >= 15 is 0 Å². The minimum absolute atomic E-state index is 0.0361. The Morgan fingerprint density at radius 2 is 1.41 bits per heavy atom. The number of halogens is 3. The molecule has 0 radical (unpaired) electrons. The lowest BCUT2D eigenvalue weighted by molar-refractivity contribution is -0.116. The van der Waals surface area contributed by atoms with Gasteiger partial charge in [-0.15, -0.1) is 11.8 Å². The maximum atomic E-state index is 13.6. The van der Waals surface area contributed by atoms with E-state index in [1.165, 1.54) is 17.8 Å². The van der Waals surface area contributed by atoms with Gasteiger partial charge < -0.3 is 16.0 Å². The SMILES string of the molecule is O=C(Nc1cccc(SC(C(=O)Nc2ccccc2Br)c2ccccc2)c1)/C(=C\c1cccc(Cl)c1Cl)NC(=O)c1ccccc1. The maximum absolute atomic E-state index is 13.6. The summed E-state index contributed by atoms with van der Waals surface area (Å²) in [6.45, 7) is 0. The third-order valence-electron chi connectivity index (χ3n) is 6.63. The molecule has 5 aromatic carbocycles. The van der Waals surface area contributed by atoms with E-state index in [9.17, 15) is 14.4 Å². The number of benzene rings is 5. The van der Waals surface area contributed by atoms with Gasteiger partial charge in [0.25, 0.3) is 11.8 Å². The third-order valence-corrected chi connectivity index (χ3v) is 9.40. The van der Waals surface area contributed by atoms with Crippen LogP contribution in [0.15, 0.2) is 142 Å². The van der Waals surface area contributed by atoms with Gasteiger partial charge >= 0.3 is 0 Å². The van der Waals surface area contributed by atoms with Crippen LogP contribution in [0.4, 0.5) is 11.4 Å². The van der Waals surface area contributed by atoms with Crippen LogP contribution in [0.1, 0.15) is 26.7 Å². The number of rotatable bonds is 10. The van der Waals surface area contributed by atoms with Crippen molar-refractivity contribution in [1.29, 1.82) is 0 Å². The molecule has 0 heterocycles. The zero-order chi connectivity index (χ0) is 32.5. The number of para-hydroxylation sites is 1. The Bertz CT molecular complexity index is 1910. The molecule has 0 aliphatic carbocycles. The van der Waals surface area contributed by atoms with E-state index in [1.807, 2.05) is 60.7 Å². The van der Waals surface area contributed by atoms with Crippen molar-refractivity contribution in [1.82, 2.24) is 5.32 Å². The number of hydrogen-bond donors (Lipinski definition) is 3. The summed E-state index contributed by atoms with van der Waals surface area (Å²) in [5.74, 6) is -1.25. The Morgan fingerprint density at radius 3 is 2.15 bits per heavy atom. The summed E-state index contributed by atoms with van der Waals surface area (Å²) in [5, 5.41) is 8.54. The highest BCUT2D eigenvalue weighted by Gasteiger charge is 2.23. The van der Waals surface area contributed by atoms with E-state index < -0.39 is 17.1 Å². The number of anilines is 2. The first-order valence-corrected chi connectivity index (χ1v) is 16.4. The predicted octanol–water partition coefficient (Wildman–Crippen LogP) is 9.64. The molecule has 230 valence electrons. The average molecular weight is 731 g/mol. The van der Waals surface area contributed by atoms with Crippen molar-refractivity contribution in [3.63, 3.8) is 0 Å². The lowest BCUT2D eigenvalue weighted by Gasteiger charge is -2.18. The van der Waals surface area contributed by atoms with E-state index in [-0.39, 0.29) is 16.6 Å². The number of carbonyl (C=O) groups excluding carboxylic acids is 3. The molecule has 46 heavy (non-hydrogen) atoms. The van der Waals surface area contributed by atoms with Gasteiger partial charge in [0.05, 0.1) is 15.7 Å². The quantitative estimate of drug-likeness (QED) is 0.0987. The zero-order valence-corrected chi connectivity index (χ0v) is 28.0. The van der Waals surface area contributed by atoms with Gasteiger partial charge in [0.15, 0.2) is 0 Å². The van der Waals surface area contributed by atoms with Crippen molar-refractivity contribution in [2.45, 2.75) is 10.1 Å². The molecule has 10 heteroatoms. The second kappa shape index (κ2) is 15.8. The van der Waals surface area contributed by atoms with Crippen LogP contribution >= 0.6 is 50.9 Å². The number of thioether (sulfide) groups is 1. The van der Waals surface area contributed by atoms with E-state index in [2.05, 4.69) is 31.9 Å². The van der Waals surface area contributed by atoms with Crippen LogP contribution in [-0.4, -0.2) is 17.7 Å². The third kappa shape index (κ3) is 8.68. The fourth-order valence-corrected chi connectivity index (χ4v) is 6.20. The van der Waals surface area contributed by atoms with Crippen LogP contribution in [-0.2, 0) is 9.59 Å². The normalized spacial score (nSPS) is 11.8. The lowest BCUT2D eigenvalue weighted by Crippen LogP contribution is -2.30. The molecular weight excluding hydrogens is 705 g/mol. The van der Waals surface area contributed by atoms with Gasteiger partial charge in [-0.05, 0) is 81.7 Å². The van der Waals surface area contributed by atoms with Crippen molar-refractivity contribution < 1.29 is 14.4 Å². The minimum Gasteiger partial charge on any atom is -0.324 e. The summed E-state index contributed by atoms with van der Waals surface area (Å²) in [6, 6.07) is 37.6. The summed E-state index contributed by atoms with van der Waals surface area (Å²) in [7, 11) is 0. The zero-order valence-electron chi connectivity index (χ0n) is 24.0. The van der Waals surface area contributed by atoms with Gasteiger partial charge in [-0.1, -0.05) is 102 Å². The lowest BCUT2D eigenvalue weighted by atomic mass is 10.1. The summed E-state index contributed by atoms with van der Waals surface area (Å²) >= 11 is 17.4. The Morgan fingerprint density at radius 1 is 0.739 bits per heavy atom.